The molecule has 30 heavy (non-hydrogen) atoms. The number of benzene rings is 1. The molecule has 0 fully saturated rings. The number of thiophene rings is 1. The number of hydrogen-bond donors (Lipinski definition) is 1. The maximum atomic E-state index is 12.6. The van der Waals surface area contributed by atoms with Crippen molar-refractivity contribution in [1.29, 1.82) is 0 Å². The molecule has 0 saturated heterocycles. The van der Waals surface area contributed by atoms with Crippen LogP contribution in [0.4, 0.5) is 5.69 Å². The molecule has 1 N–H and O–H groups in total. The average Bonchev–Trinajstić information content (AvgIpc) is 3.30. The summed E-state index contributed by atoms with van der Waals surface area (Å²) in [5, 5.41) is 13.8. The van der Waals surface area contributed by atoms with Crippen molar-refractivity contribution in [3.63, 3.8) is 0 Å². The minimum Gasteiger partial charge on any atom is -0.325 e. The van der Waals surface area contributed by atoms with Crippen molar-refractivity contribution < 1.29 is 4.79 Å². The second-order valence-electron chi connectivity index (χ2n) is 7.85. The smallest absolute Gasteiger partial charge is 0.234 e. The van der Waals surface area contributed by atoms with Gasteiger partial charge in [-0.05, 0) is 69.2 Å². The Morgan fingerprint density at radius 2 is 2.03 bits per heavy atom. The van der Waals surface area contributed by atoms with E-state index in [1.165, 1.54) is 35.0 Å². The third kappa shape index (κ3) is 3.37. The topological polar surface area (TPSA) is 72.2 Å². The van der Waals surface area contributed by atoms with E-state index in [1.807, 2.05) is 43.4 Å². The number of hydrogen-bond acceptors (Lipinski definition) is 6. The normalized spacial score (nSPS) is 13.7. The molecule has 5 rings (SSSR count). The number of nitrogens with one attached hydrogen (secondary N) is 1. The number of nitrogens with zero attached hydrogens (tertiary/aromatic N) is 4. The Morgan fingerprint density at radius 3 is 2.90 bits per heavy atom. The third-order valence-corrected chi connectivity index (χ3v) is 7.71. The summed E-state index contributed by atoms with van der Waals surface area (Å²) in [7, 11) is 0. The summed E-state index contributed by atoms with van der Waals surface area (Å²) in [6, 6.07) is 6.06. The summed E-state index contributed by atoms with van der Waals surface area (Å²) in [5.74, 6) is 1.08. The SMILES string of the molecule is Cc1ccc(C)c(NC(=O)CSc2nnc3c4c5c(sc4nc(C)n23)CCCC5)c1. The second-order valence-corrected chi connectivity index (χ2v) is 9.87. The Hall–Kier alpha value is -2.45. The summed E-state index contributed by atoms with van der Waals surface area (Å²) in [4.78, 5) is 19.9. The first-order valence-electron chi connectivity index (χ1n) is 10.2. The van der Waals surface area contributed by atoms with E-state index in [2.05, 4.69) is 15.5 Å². The van der Waals surface area contributed by atoms with Gasteiger partial charge >= 0.3 is 0 Å². The van der Waals surface area contributed by atoms with Crippen molar-refractivity contribution >= 4 is 50.6 Å². The lowest BCUT2D eigenvalue weighted by atomic mass is 9.97. The Balaban J connectivity index is 1.42. The predicted molar refractivity (Wildman–Crippen MR) is 123 cm³/mol. The number of carbonyl (C=O) groups excluding carboxylic acids is 1. The van der Waals surface area contributed by atoms with Gasteiger partial charge in [-0.3, -0.25) is 9.20 Å². The highest BCUT2D eigenvalue weighted by Crippen LogP contribution is 2.38. The molecule has 0 aliphatic heterocycles. The summed E-state index contributed by atoms with van der Waals surface area (Å²) in [5.41, 5.74) is 5.30. The first-order valence-corrected chi connectivity index (χ1v) is 12.0. The molecule has 0 atom stereocenters. The van der Waals surface area contributed by atoms with Gasteiger partial charge in [-0.1, -0.05) is 23.9 Å². The maximum Gasteiger partial charge on any atom is 0.234 e. The zero-order valence-corrected chi connectivity index (χ0v) is 18.9. The van der Waals surface area contributed by atoms with Crippen LogP contribution in [0.15, 0.2) is 23.4 Å². The predicted octanol–water partition coefficient (Wildman–Crippen LogP) is 4.87. The monoisotopic (exact) mass is 437 g/mol. The Bertz CT molecular complexity index is 1290. The van der Waals surface area contributed by atoms with Crippen LogP contribution in [0.3, 0.4) is 0 Å². The molecular weight excluding hydrogens is 414 g/mol. The third-order valence-electron chi connectivity index (χ3n) is 5.60. The van der Waals surface area contributed by atoms with Crippen LogP contribution in [0.2, 0.25) is 0 Å². The maximum absolute atomic E-state index is 12.6. The number of thioether (sulfide) groups is 1. The number of anilines is 1. The minimum atomic E-state index is -0.0509. The lowest BCUT2D eigenvalue weighted by Gasteiger charge is -2.10. The standard InChI is InChI=1S/C22H23N5OS2/c1-12-8-9-13(2)16(10-12)24-18(28)11-29-22-26-25-20-19-15-6-4-5-7-17(15)30-21(19)23-14(3)27(20)22/h8-10H,4-7,11H2,1-3H3,(H,24,28). The Labute approximate surface area is 183 Å². The fourth-order valence-corrected chi connectivity index (χ4v) is 6.14. The van der Waals surface area contributed by atoms with Crippen LogP contribution in [0, 0.1) is 20.8 Å². The van der Waals surface area contributed by atoms with E-state index >= 15 is 0 Å². The van der Waals surface area contributed by atoms with E-state index < -0.39 is 0 Å². The first-order chi connectivity index (χ1) is 14.5. The highest BCUT2D eigenvalue weighted by molar-refractivity contribution is 7.99. The van der Waals surface area contributed by atoms with E-state index in [0.29, 0.717) is 5.16 Å². The van der Waals surface area contributed by atoms with Crippen molar-refractivity contribution in [2.45, 2.75) is 51.6 Å². The van der Waals surface area contributed by atoms with Crippen LogP contribution >= 0.6 is 23.1 Å². The number of amides is 1. The fourth-order valence-electron chi connectivity index (χ4n) is 4.06. The molecule has 0 spiro atoms. The van der Waals surface area contributed by atoms with E-state index in [0.717, 1.165) is 51.3 Å². The van der Waals surface area contributed by atoms with Gasteiger partial charge in [-0.25, -0.2) is 4.98 Å². The lowest BCUT2D eigenvalue weighted by Crippen LogP contribution is -2.15. The van der Waals surface area contributed by atoms with Gasteiger partial charge in [-0.2, -0.15) is 0 Å². The molecule has 6 nitrogen and oxygen atoms in total. The van der Waals surface area contributed by atoms with Gasteiger partial charge in [0.2, 0.25) is 5.91 Å². The molecule has 1 amide bonds. The van der Waals surface area contributed by atoms with E-state index in [-0.39, 0.29) is 11.7 Å². The van der Waals surface area contributed by atoms with Gasteiger partial charge in [-0.15, -0.1) is 21.5 Å². The molecule has 0 unspecified atom stereocenters. The van der Waals surface area contributed by atoms with Crippen molar-refractivity contribution in [2.24, 2.45) is 0 Å². The number of carbonyl (C=O) groups is 1. The van der Waals surface area contributed by atoms with Crippen LogP contribution in [0.5, 0.6) is 0 Å². The van der Waals surface area contributed by atoms with Gasteiger partial charge in [0.05, 0.1) is 11.1 Å². The van der Waals surface area contributed by atoms with Crippen LogP contribution in [-0.4, -0.2) is 31.2 Å². The minimum absolute atomic E-state index is 0.0509. The van der Waals surface area contributed by atoms with E-state index in [9.17, 15) is 4.79 Å². The molecule has 0 bridgehead atoms. The van der Waals surface area contributed by atoms with Gasteiger partial charge < -0.3 is 5.32 Å². The molecule has 154 valence electrons. The Kier molecular flexibility index (Phi) is 4.99. The fraction of sp³-hybridized carbons (Fsp3) is 0.364. The van der Waals surface area contributed by atoms with E-state index in [4.69, 9.17) is 4.98 Å². The van der Waals surface area contributed by atoms with Gasteiger partial charge in [0, 0.05) is 10.6 Å². The summed E-state index contributed by atoms with van der Waals surface area (Å²) in [6.07, 6.45) is 4.69. The number of fused-ring (bicyclic) bond motifs is 5. The average molecular weight is 438 g/mol. The zero-order valence-electron chi connectivity index (χ0n) is 17.3. The van der Waals surface area contributed by atoms with Crippen molar-refractivity contribution in [1.82, 2.24) is 19.6 Å². The molecule has 4 aromatic rings. The quantitative estimate of drug-likeness (QED) is 0.461. The molecule has 0 saturated carbocycles. The first kappa shape index (κ1) is 19.5. The van der Waals surface area contributed by atoms with Crippen molar-refractivity contribution in [3.05, 3.63) is 45.6 Å². The highest BCUT2D eigenvalue weighted by atomic mass is 32.2. The van der Waals surface area contributed by atoms with Crippen LogP contribution in [-0.2, 0) is 17.6 Å². The lowest BCUT2D eigenvalue weighted by molar-refractivity contribution is -0.113. The van der Waals surface area contributed by atoms with Crippen LogP contribution in [0.1, 0.15) is 40.2 Å². The highest BCUT2D eigenvalue weighted by Gasteiger charge is 2.22. The van der Waals surface area contributed by atoms with Crippen LogP contribution in [0.25, 0.3) is 15.9 Å². The Morgan fingerprint density at radius 1 is 1.20 bits per heavy atom. The van der Waals surface area contributed by atoms with Gasteiger partial charge in [0.25, 0.3) is 0 Å². The molecule has 1 aromatic carbocycles. The second kappa shape index (κ2) is 7.67. The van der Waals surface area contributed by atoms with Crippen molar-refractivity contribution in [2.75, 3.05) is 11.1 Å². The number of aryl methyl sites for hydroxylation is 5. The summed E-state index contributed by atoms with van der Waals surface area (Å²) >= 11 is 3.19. The summed E-state index contributed by atoms with van der Waals surface area (Å²) < 4.78 is 2.00. The van der Waals surface area contributed by atoms with Gasteiger partial charge in [0.1, 0.15) is 10.7 Å². The largest absolute Gasteiger partial charge is 0.325 e. The number of aromatic nitrogens is 4. The molecule has 1 aliphatic carbocycles. The van der Waals surface area contributed by atoms with Crippen LogP contribution < -0.4 is 5.32 Å². The zero-order chi connectivity index (χ0) is 20.8. The van der Waals surface area contributed by atoms with Gasteiger partial charge in [0.15, 0.2) is 10.8 Å². The molecule has 0 radical (unpaired) electrons. The molecule has 8 heteroatoms. The molecule has 3 aromatic heterocycles. The van der Waals surface area contributed by atoms with Crippen molar-refractivity contribution in [3.8, 4) is 0 Å². The number of rotatable bonds is 4. The molecular formula is C22H23N5OS2. The molecule has 3 heterocycles. The van der Waals surface area contributed by atoms with E-state index in [1.54, 1.807) is 11.3 Å². The summed E-state index contributed by atoms with van der Waals surface area (Å²) in [6.45, 7) is 6.00. The molecule has 1 aliphatic rings.